The van der Waals surface area contributed by atoms with E-state index in [2.05, 4.69) is 11.8 Å². The van der Waals surface area contributed by atoms with Crippen LogP contribution in [-0.4, -0.2) is 11.1 Å². The van der Waals surface area contributed by atoms with Crippen molar-refractivity contribution in [2.24, 2.45) is 5.73 Å². The zero-order valence-electron chi connectivity index (χ0n) is 15.5. The standard InChI is InChI=1S/C16H12O2.C8H11N/c1-12-2-4-13(5-3-12)6-7-14-8-10-15(11-9-14)16(17)18;1-7(9)8-5-3-2-4-6-8/h2-5,8-11H,1H3,(H,17,18);2-7H,9H2,1H3/t;7-/m.1/s1. The first-order valence-electron chi connectivity index (χ1n) is 8.68. The molecule has 0 unspecified atom stereocenters. The number of hydrogen-bond acceptors (Lipinski definition) is 2. The van der Waals surface area contributed by atoms with Gasteiger partial charge in [0.05, 0.1) is 5.56 Å². The number of benzene rings is 3. The maximum atomic E-state index is 10.7. The van der Waals surface area contributed by atoms with E-state index in [1.807, 2.05) is 68.4 Å². The minimum Gasteiger partial charge on any atom is -0.478 e. The predicted molar refractivity (Wildman–Crippen MR) is 110 cm³/mol. The van der Waals surface area contributed by atoms with Crippen LogP contribution in [0.4, 0.5) is 0 Å². The molecule has 0 aromatic heterocycles. The SMILES string of the molecule is C[C@@H](N)c1ccccc1.Cc1ccc(C#Cc2ccc(C(=O)O)cc2)cc1. The van der Waals surface area contributed by atoms with Gasteiger partial charge in [-0.25, -0.2) is 4.79 Å². The van der Waals surface area contributed by atoms with Crippen molar-refractivity contribution < 1.29 is 9.90 Å². The Hall–Kier alpha value is -3.35. The Morgan fingerprint density at radius 3 is 1.74 bits per heavy atom. The summed E-state index contributed by atoms with van der Waals surface area (Å²) in [6.45, 7) is 4.01. The third-order valence-corrected chi connectivity index (χ3v) is 3.86. The fourth-order valence-corrected chi connectivity index (χ4v) is 2.23. The van der Waals surface area contributed by atoms with E-state index in [0.717, 1.165) is 11.1 Å². The third-order valence-electron chi connectivity index (χ3n) is 3.86. The van der Waals surface area contributed by atoms with E-state index in [1.165, 1.54) is 11.1 Å². The Kier molecular flexibility index (Phi) is 7.37. The zero-order chi connectivity index (χ0) is 19.6. The zero-order valence-corrected chi connectivity index (χ0v) is 15.5. The van der Waals surface area contributed by atoms with E-state index in [4.69, 9.17) is 10.8 Å². The van der Waals surface area contributed by atoms with Crippen LogP contribution in [-0.2, 0) is 0 Å². The van der Waals surface area contributed by atoms with Gasteiger partial charge in [0.15, 0.2) is 0 Å². The third kappa shape index (κ3) is 6.81. The second kappa shape index (κ2) is 9.96. The van der Waals surface area contributed by atoms with Crippen molar-refractivity contribution in [3.05, 3.63) is 107 Å². The second-order valence-corrected chi connectivity index (χ2v) is 6.20. The molecule has 0 aliphatic carbocycles. The summed E-state index contributed by atoms with van der Waals surface area (Å²) in [5.41, 5.74) is 10.0. The number of hydrogen-bond donors (Lipinski definition) is 2. The number of carbonyl (C=O) groups is 1. The van der Waals surface area contributed by atoms with Crippen molar-refractivity contribution in [3.63, 3.8) is 0 Å². The van der Waals surface area contributed by atoms with Gasteiger partial charge in [0.25, 0.3) is 0 Å². The van der Waals surface area contributed by atoms with Crippen LogP contribution in [0.15, 0.2) is 78.9 Å². The summed E-state index contributed by atoms with van der Waals surface area (Å²) in [5, 5.41) is 8.77. The van der Waals surface area contributed by atoms with E-state index < -0.39 is 5.97 Å². The summed E-state index contributed by atoms with van der Waals surface area (Å²) in [7, 11) is 0. The van der Waals surface area contributed by atoms with Crippen molar-refractivity contribution in [1.82, 2.24) is 0 Å². The van der Waals surface area contributed by atoms with Gasteiger partial charge in [-0.2, -0.15) is 0 Å². The fraction of sp³-hybridized carbons (Fsp3) is 0.125. The summed E-state index contributed by atoms with van der Waals surface area (Å²) < 4.78 is 0. The fourth-order valence-electron chi connectivity index (χ4n) is 2.23. The Bertz CT molecular complexity index is 916. The lowest BCUT2D eigenvalue weighted by Gasteiger charge is -2.02. The maximum Gasteiger partial charge on any atom is 0.335 e. The molecule has 0 amide bonds. The molecule has 0 saturated carbocycles. The molecule has 0 aliphatic rings. The molecule has 3 nitrogen and oxygen atoms in total. The monoisotopic (exact) mass is 357 g/mol. The van der Waals surface area contributed by atoms with Crippen LogP contribution in [0.3, 0.4) is 0 Å². The Morgan fingerprint density at radius 1 is 0.852 bits per heavy atom. The highest BCUT2D eigenvalue weighted by molar-refractivity contribution is 5.87. The Balaban J connectivity index is 0.000000244. The van der Waals surface area contributed by atoms with Crippen molar-refractivity contribution in [2.75, 3.05) is 0 Å². The summed E-state index contributed by atoms with van der Waals surface area (Å²) >= 11 is 0. The summed E-state index contributed by atoms with van der Waals surface area (Å²) in [5.74, 6) is 5.12. The average Bonchev–Trinajstić information content (AvgIpc) is 2.69. The largest absolute Gasteiger partial charge is 0.478 e. The minimum absolute atomic E-state index is 0.159. The summed E-state index contributed by atoms with van der Waals surface area (Å²) in [6.07, 6.45) is 0. The van der Waals surface area contributed by atoms with Gasteiger partial charge in [-0.15, -0.1) is 0 Å². The molecule has 27 heavy (non-hydrogen) atoms. The van der Waals surface area contributed by atoms with Crippen molar-refractivity contribution in [2.45, 2.75) is 19.9 Å². The lowest BCUT2D eigenvalue weighted by atomic mass is 10.1. The summed E-state index contributed by atoms with van der Waals surface area (Å²) in [6, 6.07) is 24.7. The Morgan fingerprint density at radius 2 is 1.33 bits per heavy atom. The number of aromatic carboxylic acids is 1. The van der Waals surface area contributed by atoms with Gasteiger partial charge < -0.3 is 10.8 Å². The smallest absolute Gasteiger partial charge is 0.335 e. The number of rotatable bonds is 2. The molecule has 0 radical (unpaired) electrons. The molecule has 0 saturated heterocycles. The molecule has 0 heterocycles. The van der Waals surface area contributed by atoms with E-state index in [9.17, 15) is 4.79 Å². The van der Waals surface area contributed by atoms with E-state index in [-0.39, 0.29) is 11.6 Å². The first kappa shape index (κ1) is 20.0. The highest BCUT2D eigenvalue weighted by Crippen LogP contribution is 2.07. The van der Waals surface area contributed by atoms with E-state index in [0.29, 0.717) is 0 Å². The van der Waals surface area contributed by atoms with Crippen LogP contribution in [0.1, 0.15) is 45.6 Å². The number of carboxylic acids is 1. The van der Waals surface area contributed by atoms with Gasteiger partial charge in [0.1, 0.15) is 0 Å². The normalized spacial score (nSPS) is 10.6. The highest BCUT2D eigenvalue weighted by Gasteiger charge is 1.99. The van der Waals surface area contributed by atoms with Crippen LogP contribution in [0, 0.1) is 18.8 Å². The first-order chi connectivity index (χ1) is 13.0. The lowest BCUT2D eigenvalue weighted by molar-refractivity contribution is 0.0697. The molecule has 3 aromatic carbocycles. The lowest BCUT2D eigenvalue weighted by Crippen LogP contribution is -2.03. The van der Waals surface area contributed by atoms with Crippen LogP contribution in [0.2, 0.25) is 0 Å². The Labute approximate surface area is 160 Å². The van der Waals surface area contributed by atoms with Crippen LogP contribution < -0.4 is 5.73 Å². The molecule has 3 heteroatoms. The molecule has 136 valence electrons. The highest BCUT2D eigenvalue weighted by atomic mass is 16.4. The van der Waals surface area contributed by atoms with E-state index in [1.54, 1.807) is 24.3 Å². The van der Waals surface area contributed by atoms with Gasteiger partial charge in [0.2, 0.25) is 0 Å². The average molecular weight is 357 g/mol. The molecule has 0 bridgehead atoms. The number of carboxylic acid groups (broad SMARTS) is 1. The number of nitrogens with two attached hydrogens (primary N) is 1. The molecule has 1 atom stereocenters. The molecule has 0 aliphatic heterocycles. The van der Waals surface area contributed by atoms with Crippen molar-refractivity contribution in [3.8, 4) is 11.8 Å². The molecule has 3 rings (SSSR count). The molecule has 0 spiro atoms. The predicted octanol–water partition coefficient (Wildman–Crippen LogP) is 4.80. The van der Waals surface area contributed by atoms with Gasteiger partial charge in [-0.1, -0.05) is 59.9 Å². The number of aryl methyl sites for hydroxylation is 1. The molecule has 0 fully saturated rings. The van der Waals surface area contributed by atoms with Gasteiger partial charge in [0, 0.05) is 17.2 Å². The van der Waals surface area contributed by atoms with E-state index >= 15 is 0 Å². The molecule has 3 aromatic rings. The van der Waals surface area contributed by atoms with Crippen LogP contribution >= 0.6 is 0 Å². The van der Waals surface area contributed by atoms with Gasteiger partial charge >= 0.3 is 5.97 Å². The molecular weight excluding hydrogens is 334 g/mol. The van der Waals surface area contributed by atoms with Crippen LogP contribution in [0.25, 0.3) is 0 Å². The van der Waals surface area contributed by atoms with Gasteiger partial charge in [-0.05, 0) is 55.8 Å². The quantitative estimate of drug-likeness (QED) is 0.648. The maximum absolute atomic E-state index is 10.7. The van der Waals surface area contributed by atoms with Crippen molar-refractivity contribution in [1.29, 1.82) is 0 Å². The first-order valence-corrected chi connectivity index (χ1v) is 8.68. The van der Waals surface area contributed by atoms with Gasteiger partial charge in [-0.3, -0.25) is 0 Å². The minimum atomic E-state index is -0.923. The topological polar surface area (TPSA) is 63.3 Å². The second-order valence-electron chi connectivity index (χ2n) is 6.20. The van der Waals surface area contributed by atoms with Crippen LogP contribution in [0.5, 0.6) is 0 Å². The van der Waals surface area contributed by atoms with Crippen molar-refractivity contribution >= 4 is 5.97 Å². The summed E-state index contributed by atoms with van der Waals surface area (Å²) in [4.78, 5) is 10.7. The molecular formula is C24H23NO2. The molecule has 3 N–H and O–H groups in total.